The van der Waals surface area contributed by atoms with E-state index in [1.165, 1.54) is 0 Å². The van der Waals surface area contributed by atoms with Crippen LogP contribution in [0.25, 0.3) is 0 Å². The number of rotatable bonds is 3. The van der Waals surface area contributed by atoms with E-state index in [2.05, 4.69) is 10.3 Å². The van der Waals surface area contributed by atoms with Gasteiger partial charge >= 0.3 is 5.97 Å². The van der Waals surface area contributed by atoms with Crippen LogP contribution in [0.3, 0.4) is 0 Å². The van der Waals surface area contributed by atoms with E-state index in [4.69, 9.17) is 4.74 Å². The number of aliphatic imine (C=N–C) groups is 1. The zero-order valence-electron chi connectivity index (χ0n) is 7.91. The number of carbonyl (C=O) groups excluding carboxylic acids is 1. The Morgan fingerprint density at radius 1 is 1.69 bits per heavy atom. The molecule has 1 aliphatic heterocycles. The predicted molar refractivity (Wildman–Crippen MR) is 50.4 cm³/mol. The van der Waals surface area contributed by atoms with Gasteiger partial charge in [0.1, 0.15) is 5.66 Å². The van der Waals surface area contributed by atoms with Gasteiger partial charge in [0.25, 0.3) is 0 Å². The zero-order valence-corrected chi connectivity index (χ0v) is 7.91. The summed E-state index contributed by atoms with van der Waals surface area (Å²) in [4.78, 5) is 15.3. The molecule has 0 aliphatic carbocycles. The first-order valence-corrected chi connectivity index (χ1v) is 4.30. The SMILES string of the molecule is CCOC(=O)CC1(C)N=CC=CN1. The van der Waals surface area contributed by atoms with Crippen molar-refractivity contribution in [1.82, 2.24) is 5.32 Å². The molecule has 4 nitrogen and oxygen atoms in total. The van der Waals surface area contributed by atoms with Crippen molar-refractivity contribution in [1.29, 1.82) is 0 Å². The lowest BCUT2D eigenvalue weighted by Gasteiger charge is -2.26. The molecule has 4 heteroatoms. The standard InChI is InChI=1S/C9H14N2O2/c1-3-13-8(12)7-9(2)10-5-4-6-11-9/h4-6,10H,3,7H2,1-2H3. The lowest BCUT2D eigenvalue weighted by atomic mass is 10.1. The van der Waals surface area contributed by atoms with Crippen LogP contribution in [0.4, 0.5) is 0 Å². The minimum atomic E-state index is -0.541. The fourth-order valence-electron chi connectivity index (χ4n) is 1.11. The van der Waals surface area contributed by atoms with Gasteiger partial charge in [0.2, 0.25) is 0 Å². The molecule has 13 heavy (non-hydrogen) atoms. The van der Waals surface area contributed by atoms with E-state index in [0.717, 1.165) is 0 Å². The summed E-state index contributed by atoms with van der Waals surface area (Å²) in [6.45, 7) is 4.05. The number of carbonyl (C=O) groups is 1. The lowest BCUT2D eigenvalue weighted by molar-refractivity contribution is -0.144. The first kappa shape index (κ1) is 9.77. The highest BCUT2D eigenvalue weighted by atomic mass is 16.5. The van der Waals surface area contributed by atoms with Gasteiger partial charge in [-0.3, -0.25) is 9.79 Å². The van der Waals surface area contributed by atoms with Gasteiger partial charge in [0.15, 0.2) is 0 Å². The number of esters is 1. The molecule has 0 saturated carbocycles. The number of ether oxygens (including phenoxy) is 1. The Kier molecular flexibility index (Phi) is 3.06. The molecular formula is C9H14N2O2. The minimum Gasteiger partial charge on any atom is -0.466 e. The first-order chi connectivity index (χ1) is 6.16. The van der Waals surface area contributed by atoms with Crippen molar-refractivity contribution in [3.63, 3.8) is 0 Å². The highest BCUT2D eigenvalue weighted by Crippen LogP contribution is 2.14. The van der Waals surface area contributed by atoms with Gasteiger partial charge in [-0.15, -0.1) is 0 Å². The maximum absolute atomic E-state index is 11.2. The molecule has 1 rings (SSSR count). The highest BCUT2D eigenvalue weighted by molar-refractivity contribution is 5.75. The van der Waals surface area contributed by atoms with E-state index in [0.29, 0.717) is 6.61 Å². The van der Waals surface area contributed by atoms with E-state index in [1.807, 2.05) is 6.92 Å². The Morgan fingerprint density at radius 3 is 3.00 bits per heavy atom. The summed E-state index contributed by atoms with van der Waals surface area (Å²) >= 11 is 0. The van der Waals surface area contributed by atoms with Gasteiger partial charge in [-0.25, -0.2) is 0 Å². The van der Waals surface area contributed by atoms with Gasteiger partial charge < -0.3 is 10.1 Å². The van der Waals surface area contributed by atoms with Crippen molar-refractivity contribution in [3.8, 4) is 0 Å². The normalized spacial score (nSPS) is 25.4. The molecule has 1 heterocycles. The molecule has 1 aliphatic rings. The summed E-state index contributed by atoms with van der Waals surface area (Å²) in [6.07, 6.45) is 5.48. The molecule has 0 aromatic rings. The number of nitrogens with zero attached hydrogens (tertiary/aromatic N) is 1. The van der Waals surface area contributed by atoms with Gasteiger partial charge in [0.05, 0.1) is 13.0 Å². The molecule has 0 radical (unpaired) electrons. The maximum Gasteiger partial charge on any atom is 0.310 e. The largest absolute Gasteiger partial charge is 0.466 e. The molecule has 0 bridgehead atoms. The average molecular weight is 182 g/mol. The Morgan fingerprint density at radius 2 is 2.46 bits per heavy atom. The average Bonchev–Trinajstić information content (AvgIpc) is 2.04. The molecule has 0 spiro atoms. The Labute approximate surface area is 77.7 Å². The lowest BCUT2D eigenvalue weighted by Crippen LogP contribution is -2.41. The molecule has 1 atom stereocenters. The van der Waals surface area contributed by atoms with Crippen LogP contribution in [0, 0.1) is 0 Å². The summed E-state index contributed by atoms with van der Waals surface area (Å²) in [7, 11) is 0. The van der Waals surface area contributed by atoms with Crippen LogP contribution in [0.2, 0.25) is 0 Å². The summed E-state index contributed by atoms with van der Waals surface area (Å²) in [5.74, 6) is -0.232. The highest BCUT2D eigenvalue weighted by Gasteiger charge is 2.26. The van der Waals surface area contributed by atoms with Crippen molar-refractivity contribution in [2.45, 2.75) is 25.9 Å². The molecule has 0 saturated heterocycles. The van der Waals surface area contributed by atoms with Crippen molar-refractivity contribution < 1.29 is 9.53 Å². The van der Waals surface area contributed by atoms with Crippen LogP contribution < -0.4 is 5.32 Å². The smallest absolute Gasteiger partial charge is 0.310 e. The second-order valence-corrected chi connectivity index (χ2v) is 3.04. The molecule has 0 aromatic heterocycles. The third-order valence-corrected chi connectivity index (χ3v) is 1.73. The Bertz CT molecular complexity index is 248. The molecular weight excluding hydrogens is 168 g/mol. The van der Waals surface area contributed by atoms with E-state index in [1.54, 1.807) is 25.4 Å². The van der Waals surface area contributed by atoms with Crippen LogP contribution in [-0.2, 0) is 9.53 Å². The summed E-state index contributed by atoms with van der Waals surface area (Å²) < 4.78 is 4.83. The van der Waals surface area contributed by atoms with Crippen LogP contribution in [0.15, 0.2) is 17.3 Å². The van der Waals surface area contributed by atoms with Crippen LogP contribution in [0.1, 0.15) is 20.3 Å². The summed E-state index contributed by atoms with van der Waals surface area (Å²) in [6, 6.07) is 0. The maximum atomic E-state index is 11.2. The molecule has 1 unspecified atom stereocenters. The second-order valence-electron chi connectivity index (χ2n) is 3.04. The van der Waals surface area contributed by atoms with Crippen molar-refractivity contribution >= 4 is 12.2 Å². The monoisotopic (exact) mass is 182 g/mol. The van der Waals surface area contributed by atoms with E-state index < -0.39 is 5.66 Å². The third-order valence-electron chi connectivity index (χ3n) is 1.73. The minimum absolute atomic E-state index is 0.232. The molecule has 72 valence electrons. The first-order valence-electron chi connectivity index (χ1n) is 4.30. The summed E-state index contributed by atoms with van der Waals surface area (Å²) in [5, 5.41) is 3.01. The number of hydrogen-bond acceptors (Lipinski definition) is 4. The molecule has 0 amide bonds. The number of allylic oxidation sites excluding steroid dienone is 1. The molecule has 1 N–H and O–H groups in total. The fraction of sp³-hybridized carbons (Fsp3) is 0.556. The van der Waals surface area contributed by atoms with E-state index in [9.17, 15) is 4.79 Å². The second kappa shape index (κ2) is 4.07. The number of hydrogen-bond donors (Lipinski definition) is 1. The topological polar surface area (TPSA) is 50.7 Å². The van der Waals surface area contributed by atoms with E-state index in [-0.39, 0.29) is 12.4 Å². The summed E-state index contributed by atoms with van der Waals surface area (Å²) in [5.41, 5.74) is -0.541. The van der Waals surface area contributed by atoms with Crippen molar-refractivity contribution in [2.24, 2.45) is 4.99 Å². The van der Waals surface area contributed by atoms with Crippen LogP contribution in [0.5, 0.6) is 0 Å². The van der Waals surface area contributed by atoms with Crippen LogP contribution in [-0.4, -0.2) is 24.5 Å². The fourth-order valence-corrected chi connectivity index (χ4v) is 1.11. The molecule has 0 aromatic carbocycles. The van der Waals surface area contributed by atoms with Gasteiger partial charge in [0, 0.05) is 6.21 Å². The third kappa shape index (κ3) is 2.89. The quantitative estimate of drug-likeness (QED) is 0.658. The van der Waals surface area contributed by atoms with Crippen molar-refractivity contribution in [2.75, 3.05) is 6.61 Å². The van der Waals surface area contributed by atoms with Crippen molar-refractivity contribution in [3.05, 3.63) is 12.3 Å². The predicted octanol–water partition coefficient (Wildman–Crippen LogP) is 0.844. The van der Waals surface area contributed by atoms with Gasteiger partial charge in [-0.05, 0) is 26.1 Å². The Balaban J connectivity index is 2.47. The van der Waals surface area contributed by atoms with E-state index >= 15 is 0 Å². The zero-order chi connectivity index (χ0) is 9.73. The van der Waals surface area contributed by atoms with Gasteiger partial charge in [-0.1, -0.05) is 0 Å². The van der Waals surface area contributed by atoms with Crippen LogP contribution >= 0.6 is 0 Å². The van der Waals surface area contributed by atoms with Gasteiger partial charge in [-0.2, -0.15) is 0 Å². The Hall–Kier alpha value is -1.32. The number of nitrogens with one attached hydrogen (secondary N) is 1. The molecule has 0 fully saturated rings.